The van der Waals surface area contributed by atoms with Crippen molar-refractivity contribution in [3.63, 3.8) is 0 Å². The summed E-state index contributed by atoms with van der Waals surface area (Å²) in [5.74, 6) is -0.477. The van der Waals surface area contributed by atoms with Gasteiger partial charge in [-0.05, 0) is 36.7 Å². The number of nitrogens with zero attached hydrogens (tertiary/aromatic N) is 1. The van der Waals surface area contributed by atoms with Crippen LogP contribution < -0.4 is 10.1 Å². The molecule has 1 aromatic heterocycles. The Bertz CT molecular complexity index is 730. The lowest BCUT2D eigenvalue weighted by atomic mass is 10.2. The molecule has 6 nitrogen and oxygen atoms in total. The number of rotatable bonds is 4. The quantitative estimate of drug-likeness (QED) is 0.865. The number of carbonyl (C=O) groups is 2. The number of hydrogen-bond acceptors (Lipinski definition) is 6. The molecule has 0 atom stereocenters. The van der Waals surface area contributed by atoms with Crippen molar-refractivity contribution in [3.8, 4) is 5.75 Å². The molecular formula is C14H13ClN2O4S. The van der Waals surface area contributed by atoms with Crippen LogP contribution in [0, 0.1) is 6.92 Å². The number of anilines is 1. The van der Waals surface area contributed by atoms with Crippen molar-refractivity contribution in [1.82, 2.24) is 4.37 Å². The van der Waals surface area contributed by atoms with Crippen LogP contribution in [-0.2, 0) is 4.74 Å². The third-order valence-electron chi connectivity index (χ3n) is 2.89. The number of nitrogens with one attached hydrogen (secondary N) is 1. The molecule has 0 saturated heterocycles. The molecule has 0 unspecified atom stereocenters. The summed E-state index contributed by atoms with van der Waals surface area (Å²) in [6.45, 7) is 1.67. The molecule has 0 aliphatic heterocycles. The van der Waals surface area contributed by atoms with Gasteiger partial charge in [-0.25, -0.2) is 4.79 Å². The lowest BCUT2D eigenvalue weighted by molar-refractivity contribution is 0.0601. The maximum Gasteiger partial charge on any atom is 0.342 e. The van der Waals surface area contributed by atoms with Crippen LogP contribution >= 0.6 is 23.1 Å². The lowest BCUT2D eigenvalue weighted by Crippen LogP contribution is -2.14. The fraction of sp³-hybridized carbons (Fsp3) is 0.214. The summed E-state index contributed by atoms with van der Waals surface area (Å²) >= 11 is 7.01. The number of halogens is 1. The van der Waals surface area contributed by atoms with E-state index in [1.165, 1.54) is 20.3 Å². The maximum absolute atomic E-state index is 12.3. The SMILES string of the molecule is COC(=O)c1c(C)nsc1NC(=O)c1ccc(OC)c(Cl)c1. The topological polar surface area (TPSA) is 77.5 Å². The molecule has 116 valence electrons. The number of amides is 1. The van der Waals surface area contributed by atoms with Gasteiger partial charge in [0.25, 0.3) is 5.91 Å². The summed E-state index contributed by atoms with van der Waals surface area (Å²) in [6.07, 6.45) is 0. The highest BCUT2D eigenvalue weighted by Gasteiger charge is 2.21. The lowest BCUT2D eigenvalue weighted by Gasteiger charge is -2.07. The van der Waals surface area contributed by atoms with Gasteiger partial charge in [-0.3, -0.25) is 4.79 Å². The molecule has 1 amide bonds. The second-order valence-electron chi connectivity index (χ2n) is 4.27. The maximum atomic E-state index is 12.3. The van der Waals surface area contributed by atoms with Crippen LogP contribution in [0.25, 0.3) is 0 Å². The standard InChI is InChI=1S/C14H13ClN2O4S/c1-7-11(14(19)21-3)13(22-17-7)16-12(18)8-4-5-10(20-2)9(15)6-8/h4-6H,1-3H3,(H,16,18). The van der Waals surface area contributed by atoms with Crippen LogP contribution in [0.15, 0.2) is 18.2 Å². The zero-order valence-corrected chi connectivity index (χ0v) is 13.7. The zero-order chi connectivity index (χ0) is 16.3. The molecule has 0 aliphatic rings. The van der Waals surface area contributed by atoms with Gasteiger partial charge in [-0.2, -0.15) is 4.37 Å². The first-order valence-electron chi connectivity index (χ1n) is 6.17. The van der Waals surface area contributed by atoms with E-state index in [0.29, 0.717) is 27.0 Å². The average Bonchev–Trinajstić information content (AvgIpc) is 2.87. The summed E-state index contributed by atoms with van der Waals surface area (Å²) in [5, 5.41) is 3.30. The van der Waals surface area contributed by atoms with E-state index in [-0.39, 0.29) is 5.56 Å². The van der Waals surface area contributed by atoms with E-state index in [9.17, 15) is 9.59 Å². The molecule has 2 aromatic rings. The predicted octanol–water partition coefficient (Wildman–Crippen LogP) is 3.15. The Morgan fingerprint density at radius 3 is 2.64 bits per heavy atom. The van der Waals surface area contributed by atoms with Gasteiger partial charge >= 0.3 is 5.97 Å². The summed E-state index contributed by atoms with van der Waals surface area (Å²) in [5.41, 5.74) is 1.09. The van der Waals surface area contributed by atoms with E-state index < -0.39 is 11.9 Å². The number of carbonyl (C=O) groups excluding carboxylic acids is 2. The summed E-state index contributed by atoms with van der Waals surface area (Å²) < 4.78 is 13.8. The molecule has 0 bridgehead atoms. The molecular weight excluding hydrogens is 328 g/mol. The monoisotopic (exact) mass is 340 g/mol. The first kappa shape index (κ1) is 16.3. The van der Waals surface area contributed by atoms with Crippen LogP contribution in [0.4, 0.5) is 5.00 Å². The minimum Gasteiger partial charge on any atom is -0.495 e. The summed E-state index contributed by atoms with van der Waals surface area (Å²) in [4.78, 5) is 24.0. The van der Waals surface area contributed by atoms with Crippen molar-refractivity contribution in [2.75, 3.05) is 19.5 Å². The van der Waals surface area contributed by atoms with Crippen molar-refractivity contribution in [2.45, 2.75) is 6.92 Å². The van der Waals surface area contributed by atoms with E-state index in [2.05, 4.69) is 9.69 Å². The predicted molar refractivity (Wildman–Crippen MR) is 84.1 cm³/mol. The highest BCUT2D eigenvalue weighted by Crippen LogP contribution is 2.28. The molecule has 1 aromatic carbocycles. The fourth-order valence-corrected chi connectivity index (χ4v) is 2.82. The zero-order valence-electron chi connectivity index (χ0n) is 12.1. The van der Waals surface area contributed by atoms with Crippen LogP contribution in [0.1, 0.15) is 26.4 Å². The van der Waals surface area contributed by atoms with E-state index in [0.717, 1.165) is 11.5 Å². The molecule has 0 radical (unpaired) electrons. The summed E-state index contributed by atoms with van der Waals surface area (Å²) in [6, 6.07) is 4.66. The van der Waals surface area contributed by atoms with Crippen LogP contribution in [-0.4, -0.2) is 30.5 Å². The fourth-order valence-electron chi connectivity index (χ4n) is 1.78. The van der Waals surface area contributed by atoms with Gasteiger partial charge in [-0.1, -0.05) is 11.6 Å². The number of hydrogen-bond donors (Lipinski definition) is 1. The molecule has 2 rings (SSSR count). The summed E-state index contributed by atoms with van der Waals surface area (Å²) in [7, 11) is 2.76. The van der Waals surface area contributed by atoms with Gasteiger partial charge in [0.1, 0.15) is 16.3 Å². The number of aryl methyl sites for hydroxylation is 1. The van der Waals surface area contributed by atoms with Gasteiger partial charge in [0.15, 0.2) is 0 Å². The third kappa shape index (κ3) is 3.20. The highest BCUT2D eigenvalue weighted by molar-refractivity contribution is 7.11. The molecule has 22 heavy (non-hydrogen) atoms. The molecule has 1 heterocycles. The Morgan fingerprint density at radius 1 is 1.32 bits per heavy atom. The number of benzene rings is 1. The van der Waals surface area contributed by atoms with Gasteiger partial charge in [0.2, 0.25) is 0 Å². The van der Waals surface area contributed by atoms with Crippen molar-refractivity contribution >= 4 is 40.0 Å². The molecule has 1 N–H and O–H groups in total. The Hall–Kier alpha value is -2.12. The van der Waals surface area contributed by atoms with Crippen molar-refractivity contribution < 1.29 is 19.1 Å². The molecule has 0 aliphatic carbocycles. The number of esters is 1. The highest BCUT2D eigenvalue weighted by atomic mass is 35.5. The smallest absolute Gasteiger partial charge is 0.342 e. The van der Waals surface area contributed by atoms with Crippen molar-refractivity contribution in [2.24, 2.45) is 0 Å². The van der Waals surface area contributed by atoms with Crippen molar-refractivity contribution in [1.29, 1.82) is 0 Å². The third-order valence-corrected chi connectivity index (χ3v) is 4.04. The second kappa shape index (κ2) is 6.76. The Labute approximate surface area is 136 Å². The average molecular weight is 341 g/mol. The Balaban J connectivity index is 2.26. The molecule has 0 fully saturated rings. The van der Waals surface area contributed by atoms with Crippen LogP contribution in [0.5, 0.6) is 5.75 Å². The largest absolute Gasteiger partial charge is 0.495 e. The van der Waals surface area contributed by atoms with Gasteiger partial charge in [-0.15, -0.1) is 0 Å². The Kier molecular flexibility index (Phi) is 4.99. The molecule has 0 saturated carbocycles. The first-order valence-corrected chi connectivity index (χ1v) is 7.32. The van der Waals surface area contributed by atoms with Gasteiger partial charge < -0.3 is 14.8 Å². The first-order chi connectivity index (χ1) is 10.5. The van der Waals surface area contributed by atoms with Gasteiger partial charge in [0, 0.05) is 5.56 Å². The van der Waals surface area contributed by atoms with Crippen LogP contribution in [0.2, 0.25) is 5.02 Å². The molecule has 8 heteroatoms. The molecule has 0 spiro atoms. The number of aromatic nitrogens is 1. The Morgan fingerprint density at radius 2 is 2.05 bits per heavy atom. The van der Waals surface area contributed by atoms with E-state index in [1.54, 1.807) is 19.1 Å². The minimum atomic E-state index is -0.547. The normalized spacial score (nSPS) is 10.2. The minimum absolute atomic E-state index is 0.250. The van der Waals surface area contributed by atoms with Crippen molar-refractivity contribution in [3.05, 3.63) is 40.0 Å². The second-order valence-corrected chi connectivity index (χ2v) is 5.45. The van der Waals surface area contributed by atoms with E-state index >= 15 is 0 Å². The van der Waals surface area contributed by atoms with Crippen LogP contribution in [0.3, 0.4) is 0 Å². The van der Waals surface area contributed by atoms with Gasteiger partial charge in [0.05, 0.1) is 24.9 Å². The number of methoxy groups -OCH3 is 2. The van der Waals surface area contributed by atoms with E-state index in [1.807, 2.05) is 0 Å². The van der Waals surface area contributed by atoms with E-state index in [4.69, 9.17) is 21.1 Å². The number of ether oxygens (including phenoxy) is 2.